The fourth-order valence-electron chi connectivity index (χ4n) is 2.79. The minimum absolute atomic E-state index is 0.0309. The van der Waals surface area contributed by atoms with Gasteiger partial charge < -0.3 is 19.0 Å². The number of hydrogen-bond acceptors (Lipinski definition) is 7. The summed E-state index contributed by atoms with van der Waals surface area (Å²) in [7, 11) is 1.20. The number of halogens is 1. The van der Waals surface area contributed by atoms with Gasteiger partial charge in [-0.25, -0.2) is 0 Å². The van der Waals surface area contributed by atoms with Crippen molar-refractivity contribution >= 4 is 23.5 Å². The van der Waals surface area contributed by atoms with E-state index in [9.17, 15) is 14.7 Å². The van der Waals surface area contributed by atoms with Crippen molar-refractivity contribution < 1.29 is 23.8 Å². The van der Waals surface area contributed by atoms with E-state index in [1.807, 2.05) is 0 Å². The van der Waals surface area contributed by atoms with E-state index in [-0.39, 0.29) is 17.3 Å². The molecule has 2 aromatic rings. The molecule has 2 N–H and O–H groups in total. The zero-order valence-corrected chi connectivity index (χ0v) is 13.9. The summed E-state index contributed by atoms with van der Waals surface area (Å²) in [6, 6.07) is 7.66. The van der Waals surface area contributed by atoms with Gasteiger partial charge in [0.25, 0.3) is 0 Å². The van der Waals surface area contributed by atoms with Crippen LogP contribution in [0.25, 0.3) is 0 Å². The lowest BCUT2D eigenvalue weighted by Crippen LogP contribution is -2.39. The number of methoxy groups -OCH3 is 1. The lowest BCUT2D eigenvalue weighted by molar-refractivity contribution is -0.144. The topological polar surface area (TPSA) is 110 Å². The first-order valence-electron chi connectivity index (χ1n) is 7.33. The minimum Gasteiger partial charge on any atom is -0.468 e. The van der Waals surface area contributed by atoms with Gasteiger partial charge in [0.1, 0.15) is 18.3 Å². The number of aliphatic hydroxyl groups is 1. The van der Waals surface area contributed by atoms with Crippen LogP contribution in [-0.2, 0) is 16.1 Å². The van der Waals surface area contributed by atoms with E-state index in [1.165, 1.54) is 7.11 Å². The van der Waals surface area contributed by atoms with Crippen molar-refractivity contribution in [2.45, 2.75) is 12.5 Å². The smallest absolute Gasteiger partial charge is 0.319 e. The molecule has 0 fully saturated rings. The number of hydrogen-bond donors (Lipinski definition) is 2. The lowest BCUT2D eigenvalue weighted by atomic mass is 9.81. The number of nitrogens with one attached hydrogen (secondary N) is 1. The summed E-state index contributed by atoms with van der Waals surface area (Å²) >= 11 is 5.91. The second-order valence-corrected chi connectivity index (χ2v) is 5.86. The molecule has 1 aromatic heterocycles. The Balaban J connectivity index is 2.26. The highest BCUT2D eigenvalue weighted by molar-refractivity contribution is 6.30. The molecular formula is C17H14ClNO6. The molecule has 25 heavy (non-hydrogen) atoms. The number of esters is 1. The van der Waals surface area contributed by atoms with Crippen molar-refractivity contribution in [3.63, 3.8) is 0 Å². The molecule has 0 amide bonds. The van der Waals surface area contributed by atoms with Crippen LogP contribution in [0.4, 0.5) is 0 Å². The molecule has 0 aliphatic carbocycles. The molecule has 130 valence electrons. The molecule has 0 spiro atoms. The molecule has 8 heteroatoms. The highest BCUT2D eigenvalue weighted by Gasteiger charge is 2.45. The number of rotatable bonds is 3. The molecule has 7 nitrogen and oxygen atoms in total. The van der Waals surface area contributed by atoms with Gasteiger partial charge in [-0.2, -0.15) is 0 Å². The van der Waals surface area contributed by atoms with Crippen LogP contribution in [-0.4, -0.2) is 24.1 Å². The van der Waals surface area contributed by atoms with Crippen LogP contribution in [0.3, 0.4) is 0 Å². The Bertz CT molecular complexity index is 889. The van der Waals surface area contributed by atoms with Crippen molar-refractivity contribution in [1.82, 2.24) is 0 Å². The number of carbonyl (C=O) groups is 1. The largest absolute Gasteiger partial charge is 0.468 e. The Hall–Kier alpha value is -2.64. The van der Waals surface area contributed by atoms with E-state index in [4.69, 9.17) is 30.9 Å². The molecule has 0 bridgehead atoms. The number of benzene rings is 1. The average Bonchev–Trinajstić information content (AvgIpc) is 2.61. The van der Waals surface area contributed by atoms with Crippen LogP contribution >= 0.6 is 11.6 Å². The molecule has 2 unspecified atom stereocenters. The Kier molecular flexibility index (Phi) is 4.61. The second-order valence-electron chi connectivity index (χ2n) is 5.42. The van der Waals surface area contributed by atoms with Crippen molar-refractivity contribution in [3.05, 3.63) is 62.7 Å². The van der Waals surface area contributed by atoms with Crippen molar-refractivity contribution in [1.29, 1.82) is 5.41 Å². The van der Waals surface area contributed by atoms with Gasteiger partial charge in [-0.05, 0) is 17.7 Å². The quantitative estimate of drug-likeness (QED) is 0.808. The molecule has 2 heterocycles. The molecule has 1 aliphatic heterocycles. The van der Waals surface area contributed by atoms with Gasteiger partial charge in [0.05, 0.1) is 13.0 Å². The van der Waals surface area contributed by atoms with Crippen LogP contribution in [0.5, 0.6) is 5.75 Å². The van der Waals surface area contributed by atoms with E-state index in [1.54, 1.807) is 24.3 Å². The summed E-state index contributed by atoms with van der Waals surface area (Å²) in [6.45, 7) is -0.490. The van der Waals surface area contributed by atoms with Gasteiger partial charge in [0.2, 0.25) is 17.1 Å². The maximum Gasteiger partial charge on any atom is 0.319 e. The zero-order valence-electron chi connectivity index (χ0n) is 13.1. The van der Waals surface area contributed by atoms with Gasteiger partial charge in [0.15, 0.2) is 5.76 Å². The summed E-state index contributed by atoms with van der Waals surface area (Å²) in [4.78, 5) is 24.5. The Morgan fingerprint density at radius 2 is 2.04 bits per heavy atom. The Morgan fingerprint density at radius 3 is 2.64 bits per heavy atom. The summed E-state index contributed by atoms with van der Waals surface area (Å²) in [5.41, 5.74) is 0.0460. The Labute approximate surface area is 147 Å². The summed E-state index contributed by atoms with van der Waals surface area (Å²) in [5.74, 6) is -3.15. The first-order chi connectivity index (χ1) is 12.0. The van der Waals surface area contributed by atoms with Crippen LogP contribution in [0.15, 0.2) is 39.5 Å². The first kappa shape index (κ1) is 17.2. The molecule has 0 saturated heterocycles. The van der Waals surface area contributed by atoms with Crippen molar-refractivity contribution in [2.24, 2.45) is 5.92 Å². The predicted octanol–water partition coefficient (Wildman–Crippen LogP) is 2.08. The zero-order chi connectivity index (χ0) is 18.1. The standard InChI is InChI=1S/C17H14ClNO6/c1-23-17(22)13-12(8-2-4-9(18)5-3-8)15-14(25-16(13)19)11(21)6-10(7-20)24-15/h2-6,12-13,19-20H,7H2,1H3. The van der Waals surface area contributed by atoms with Crippen molar-refractivity contribution in [2.75, 3.05) is 7.11 Å². The molecule has 0 saturated carbocycles. The number of aliphatic hydroxyl groups excluding tert-OH is 1. The molecular weight excluding hydrogens is 350 g/mol. The molecule has 2 atom stereocenters. The van der Waals surface area contributed by atoms with Crippen LogP contribution in [0, 0.1) is 11.3 Å². The number of carbonyl (C=O) groups excluding carboxylic acids is 1. The maximum atomic E-state index is 12.2. The summed E-state index contributed by atoms with van der Waals surface area (Å²) in [5, 5.41) is 17.8. The van der Waals surface area contributed by atoms with Crippen molar-refractivity contribution in [3.8, 4) is 5.75 Å². The monoisotopic (exact) mass is 363 g/mol. The van der Waals surface area contributed by atoms with Gasteiger partial charge in [-0.1, -0.05) is 23.7 Å². The molecule has 0 radical (unpaired) electrons. The SMILES string of the molecule is COC(=O)C1C(=N)Oc2c(oc(CO)cc2=O)C1c1ccc(Cl)cc1. The molecule has 1 aromatic carbocycles. The molecule has 1 aliphatic rings. The normalized spacial score (nSPS) is 19.1. The van der Waals surface area contributed by atoms with Gasteiger partial charge >= 0.3 is 5.97 Å². The van der Waals surface area contributed by atoms with E-state index < -0.39 is 35.7 Å². The van der Waals surface area contributed by atoms with Gasteiger partial charge in [0, 0.05) is 11.1 Å². The lowest BCUT2D eigenvalue weighted by Gasteiger charge is -2.30. The minimum atomic E-state index is -1.13. The third-order valence-corrected chi connectivity index (χ3v) is 4.18. The third-order valence-electron chi connectivity index (χ3n) is 3.93. The fraction of sp³-hybridized carbons (Fsp3) is 0.235. The van der Waals surface area contributed by atoms with Crippen LogP contribution < -0.4 is 10.2 Å². The summed E-state index contributed by atoms with van der Waals surface area (Å²) < 4.78 is 15.6. The third kappa shape index (κ3) is 3.04. The highest BCUT2D eigenvalue weighted by Crippen LogP contribution is 2.41. The fourth-order valence-corrected chi connectivity index (χ4v) is 2.92. The van der Waals surface area contributed by atoms with Gasteiger partial charge in [-0.3, -0.25) is 15.0 Å². The highest BCUT2D eigenvalue weighted by atomic mass is 35.5. The van der Waals surface area contributed by atoms with Crippen LogP contribution in [0.2, 0.25) is 5.02 Å². The van der Waals surface area contributed by atoms with Crippen LogP contribution in [0.1, 0.15) is 23.0 Å². The predicted molar refractivity (Wildman–Crippen MR) is 88.1 cm³/mol. The van der Waals surface area contributed by atoms with E-state index >= 15 is 0 Å². The Morgan fingerprint density at radius 1 is 1.36 bits per heavy atom. The second kappa shape index (κ2) is 6.70. The maximum absolute atomic E-state index is 12.2. The first-order valence-corrected chi connectivity index (χ1v) is 7.71. The van der Waals surface area contributed by atoms with E-state index in [0.29, 0.717) is 10.6 Å². The molecule has 3 rings (SSSR count). The van der Waals surface area contributed by atoms with E-state index in [2.05, 4.69) is 0 Å². The number of ether oxygens (including phenoxy) is 2. The summed E-state index contributed by atoms with van der Waals surface area (Å²) in [6.07, 6.45) is 0. The van der Waals surface area contributed by atoms with Gasteiger partial charge in [-0.15, -0.1) is 0 Å². The van der Waals surface area contributed by atoms with E-state index in [0.717, 1.165) is 6.07 Å². The average molecular weight is 364 g/mol. The number of fused-ring (bicyclic) bond motifs is 1.